The van der Waals surface area contributed by atoms with Crippen molar-refractivity contribution in [2.75, 3.05) is 16.4 Å². The molecule has 0 aliphatic carbocycles. The van der Waals surface area contributed by atoms with Gasteiger partial charge in [0.05, 0.1) is 5.75 Å². The molecule has 43 heavy (non-hydrogen) atoms. The second kappa shape index (κ2) is 13.9. The highest BCUT2D eigenvalue weighted by molar-refractivity contribution is 8.00. The molecule has 0 radical (unpaired) electrons. The fourth-order valence-electron chi connectivity index (χ4n) is 4.35. The molecule has 5 rings (SSSR count). The van der Waals surface area contributed by atoms with Crippen molar-refractivity contribution in [3.8, 4) is 0 Å². The van der Waals surface area contributed by atoms with Crippen LogP contribution in [0.15, 0.2) is 126 Å². The zero-order valence-electron chi connectivity index (χ0n) is 23.3. The molecule has 0 bridgehead atoms. The van der Waals surface area contributed by atoms with E-state index in [0.717, 1.165) is 26.8 Å². The average Bonchev–Trinajstić information content (AvgIpc) is 3.02. The average molecular weight is 606 g/mol. The van der Waals surface area contributed by atoms with Crippen LogP contribution < -0.4 is 16.0 Å². The lowest BCUT2D eigenvalue weighted by Gasteiger charge is -2.13. The van der Waals surface area contributed by atoms with Gasteiger partial charge in [0, 0.05) is 26.9 Å². The third-order valence-corrected chi connectivity index (χ3v) is 7.97. The molecule has 0 aliphatic rings. The van der Waals surface area contributed by atoms with Crippen LogP contribution in [0.4, 0.5) is 11.4 Å². The molecule has 0 unspecified atom stereocenters. The summed E-state index contributed by atoms with van der Waals surface area (Å²) in [6.07, 6.45) is 1.68. The summed E-state index contributed by atoms with van der Waals surface area (Å²) >= 11 is 7.50. The zero-order valence-corrected chi connectivity index (χ0v) is 24.8. The van der Waals surface area contributed by atoms with Crippen molar-refractivity contribution >= 4 is 69.3 Å². The van der Waals surface area contributed by atoms with Crippen molar-refractivity contribution in [1.29, 1.82) is 0 Å². The molecule has 0 atom stereocenters. The highest BCUT2D eigenvalue weighted by Gasteiger charge is 2.16. The predicted molar refractivity (Wildman–Crippen MR) is 176 cm³/mol. The van der Waals surface area contributed by atoms with Crippen LogP contribution in [0.25, 0.3) is 16.8 Å². The summed E-state index contributed by atoms with van der Waals surface area (Å²) in [6, 6.07) is 35.0. The molecular weight excluding hydrogens is 578 g/mol. The lowest BCUT2D eigenvalue weighted by atomic mass is 10.0. The van der Waals surface area contributed by atoms with E-state index >= 15 is 0 Å². The van der Waals surface area contributed by atoms with E-state index < -0.39 is 11.8 Å². The fraction of sp³-hybridized carbons (Fsp3) is 0.0571. The van der Waals surface area contributed by atoms with Gasteiger partial charge in [0.25, 0.3) is 11.8 Å². The Hall–Kier alpha value is -4.85. The molecule has 0 fully saturated rings. The van der Waals surface area contributed by atoms with E-state index in [4.69, 9.17) is 11.6 Å². The Kier molecular flexibility index (Phi) is 9.56. The second-order valence-electron chi connectivity index (χ2n) is 9.73. The number of carbonyl (C=O) groups excluding carboxylic acids is 3. The van der Waals surface area contributed by atoms with Gasteiger partial charge in [-0.05, 0) is 77.4 Å². The highest BCUT2D eigenvalue weighted by Crippen LogP contribution is 2.25. The summed E-state index contributed by atoms with van der Waals surface area (Å²) in [5.74, 6) is -0.883. The van der Waals surface area contributed by atoms with Crippen LogP contribution in [0.1, 0.15) is 21.5 Å². The number of nitrogens with one attached hydrogen (secondary N) is 3. The molecule has 6 nitrogen and oxygen atoms in total. The van der Waals surface area contributed by atoms with E-state index in [9.17, 15) is 14.4 Å². The maximum Gasteiger partial charge on any atom is 0.272 e. The predicted octanol–water partition coefficient (Wildman–Crippen LogP) is 7.94. The van der Waals surface area contributed by atoms with Crippen molar-refractivity contribution in [1.82, 2.24) is 5.32 Å². The van der Waals surface area contributed by atoms with Crippen LogP contribution >= 0.6 is 23.4 Å². The number of halogens is 1. The van der Waals surface area contributed by atoms with Gasteiger partial charge < -0.3 is 16.0 Å². The maximum atomic E-state index is 13.6. The third kappa shape index (κ3) is 7.92. The number of fused-ring (bicyclic) bond motifs is 1. The summed E-state index contributed by atoms with van der Waals surface area (Å²) in [5.41, 5.74) is 3.41. The molecule has 5 aromatic rings. The van der Waals surface area contributed by atoms with Gasteiger partial charge in [-0.1, -0.05) is 84.4 Å². The Morgan fingerprint density at radius 3 is 2.30 bits per heavy atom. The number of hydrogen-bond acceptors (Lipinski definition) is 4. The second-order valence-corrected chi connectivity index (χ2v) is 11.2. The standard InChI is InChI=1S/C35H28ClN3O3S/c1-23-17-18-28(21-31(23)36)37-33(40)22-43-29-15-8-14-27(20-29)38-35(42)32(39-34(41)25-10-3-2-4-11-25)19-26-13-7-12-24-9-5-6-16-30(24)26/h2-21H,22H2,1H3,(H,37,40)(H,38,42)(H,39,41)/b32-19+. The van der Waals surface area contributed by atoms with Gasteiger partial charge >= 0.3 is 0 Å². The van der Waals surface area contributed by atoms with Crippen molar-refractivity contribution in [3.05, 3.63) is 143 Å². The Bertz CT molecular complexity index is 1830. The van der Waals surface area contributed by atoms with Crippen LogP contribution in [-0.4, -0.2) is 23.5 Å². The van der Waals surface area contributed by atoms with Gasteiger partial charge in [0.2, 0.25) is 5.91 Å². The summed E-state index contributed by atoms with van der Waals surface area (Å²) in [5, 5.41) is 11.1. The molecule has 3 N–H and O–H groups in total. The third-order valence-electron chi connectivity index (χ3n) is 6.57. The van der Waals surface area contributed by atoms with E-state index in [1.807, 2.05) is 67.6 Å². The maximum absolute atomic E-state index is 13.6. The molecule has 0 spiro atoms. The van der Waals surface area contributed by atoms with Gasteiger partial charge in [0.1, 0.15) is 5.70 Å². The number of carbonyl (C=O) groups is 3. The number of anilines is 2. The molecule has 0 aromatic heterocycles. The van der Waals surface area contributed by atoms with Crippen LogP contribution in [0.5, 0.6) is 0 Å². The van der Waals surface area contributed by atoms with Gasteiger partial charge in [0.15, 0.2) is 0 Å². The van der Waals surface area contributed by atoms with Crippen LogP contribution in [-0.2, 0) is 9.59 Å². The molecule has 0 saturated heterocycles. The number of hydrogen-bond donors (Lipinski definition) is 3. The fourth-order valence-corrected chi connectivity index (χ4v) is 5.29. The number of amides is 3. The molecule has 5 aromatic carbocycles. The smallest absolute Gasteiger partial charge is 0.272 e. The Morgan fingerprint density at radius 2 is 1.49 bits per heavy atom. The van der Waals surface area contributed by atoms with Crippen LogP contribution in [0, 0.1) is 6.92 Å². The van der Waals surface area contributed by atoms with E-state index in [2.05, 4.69) is 16.0 Å². The molecular formula is C35H28ClN3O3S. The Balaban J connectivity index is 1.32. The van der Waals surface area contributed by atoms with E-state index in [-0.39, 0.29) is 17.4 Å². The van der Waals surface area contributed by atoms with Crippen LogP contribution in [0.2, 0.25) is 5.02 Å². The first-order chi connectivity index (χ1) is 20.9. The quantitative estimate of drug-likeness (QED) is 0.118. The SMILES string of the molecule is Cc1ccc(NC(=O)CSc2cccc(NC(=O)/C(=C\c3cccc4ccccc34)NC(=O)c3ccccc3)c2)cc1Cl. The van der Waals surface area contributed by atoms with Gasteiger partial charge in [-0.25, -0.2) is 0 Å². The lowest BCUT2D eigenvalue weighted by Crippen LogP contribution is -2.30. The first-order valence-electron chi connectivity index (χ1n) is 13.5. The molecule has 8 heteroatoms. The molecule has 0 heterocycles. The molecule has 0 saturated carbocycles. The highest BCUT2D eigenvalue weighted by atomic mass is 35.5. The van der Waals surface area contributed by atoms with E-state index in [1.165, 1.54) is 11.8 Å². The largest absolute Gasteiger partial charge is 0.325 e. The lowest BCUT2D eigenvalue weighted by molar-refractivity contribution is -0.114. The van der Waals surface area contributed by atoms with Gasteiger partial charge in [-0.2, -0.15) is 0 Å². The monoisotopic (exact) mass is 605 g/mol. The number of benzene rings is 5. The molecule has 3 amide bonds. The summed E-state index contributed by atoms with van der Waals surface area (Å²) in [7, 11) is 0. The van der Waals surface area contributed by atoms with E-state index in [0.29, 0.717) is 22.0 Å². The summed E-state index contributed by atoms with van der Waals surface area (Å²) < 4.78 is 0. The first kappa shape index (κ1) is 29.6. The normalized spacial score (nSPS) is 11.2. The van der Waals surface area contributed by atoms with Gasteiger partial charge in [-0.15, -0.1) is 11.8 Å². The minimum atomic E-state index is -0.478. The van der Waals surface area contributed by atoms with Crippen molar-refractivity contribution in [2.24, 2.45) is 0 Å². The summed E-state index contributed by atoms with van der Waals surface area (Å²) in [6.45, 7) is 1.90. The minimum absolute atomic E-state index is 0.0967. The molecule has 0 aliphatic heterocycles. The van der Waals surface area contributed by atoms with Gasteiger partial charge in [-0.3, -0.25) is 14.4 Å². The minimum Gasteiger partial charge on any atom is -0.325 e. The topological polar surface area (TPSA) is 87.3 Å². The Morgan fingerprint density at radius 1 is 0.767 bits per heavy atom. The van der Waals surface area contributed by atoms with Crippen molar-refractivity contribution in [2.45, 2.75) is 11.8 Å². The van der Waals surface area contributed by atoms with Crippen molar-refractivity contribution in [3.63, 3.8) is 0 Å². The molecule has 214 valence electrons. The van der Waals surface area contributed by atoms with Crippen molar-refractivity contribution < 1.29 is 14.4 Å². The Labute approximate surface area is 259 Å². The number of aryl methyl sites for hydroxylation is 1. The van der Waals surface area contributed by atoms with Crippen LogP contribution in [0.3, 0.4) is 0 Å². The summed E-state index contributed by atoms with van der Waals surface area (Å²) in [4.78, 5) is 40.0. The number of rotatable bonds is 9. The number of thioether (sulfide) groups is 1. The first-order valence-corrected chi connectivity index (χ1v) is 14.9. The van der Waals surface area contributed by atoms with E-state index in [1.54, 1.807) is 60.7 Å². The zero-order chi connectivity index (χ0) is 30.2.